The molecule has 1 atom stereocenters. The van der Waals surface area contributed by atoms with E-state index in [0.717, 1.165) is 46.2 Å². The Morgan fingerprint density at radius 3 is 2.11 bits per heavy atom. The molecule has 0 aliphatic rings. The van der Waals surface area contributed by atoms with E-state index in [1.165, 1.54) is 12.8 Å². The maximum atomic E-state index is 11.2. The fourth-order valence-electron chi connectivity index (χ4n) is 5.35. The van der Waals surface area contributed by atoms with Gasteiger partial charge in [-0.15, -0.1) is 0 Å². The number of aromatic hydroxyl groups is 1. The third kappa shape index (κ3) is 8.71. The maximum absolute atomic E-state index is 11.2. The quantitative estimate of drug-likeness (QED) is 0.125. The van der Waals surface area contributed by atoms with Crippen LogP contribution >= 0.6 is 0 Å². The van der Waals surface area contributed by atoms with Gasteiger partial charge in [-0.25, -0.2) is 15.0 Å². The van der Waals surface area contributed by atoms with E-state index in [4.69, 9.17) is 19.7 Å². The number of aromatic nitrogens is 3. The number of phenolic OH excluding ortho intramolecular Hbond substituents is 1. The van der Waals surface area contributed by atoms with Gasteiger partial charge in [-0.2, -0.15) is 0 Å². The largest absolute Gasteiger partial charge is 0.507 e. The van der Waals surface area contributed by atoms with E-state index >= 15 is 0 Å². The normalized spacial score (nSPS) is 12.5. The van der Waals surface area contributed by atoms with Crippen molar-refractivity contribution in [1.82, 2.24) is 15.0 Å². The molecular weight excluding hydrogens is 578 g/mol. The summed E-state index contributed by atoms with van der Waals surface area (Å²) in [6, 6.07) is 33.9. The third-order valence-electron chi connectivity index (χ3n) is 8.32. The van der Waals surface area contributed by atoms with Gasteiger partial charge in [0.1, 0.15) is 11.5 Å². The van der Waals surface area contributed by atoms with Gasteiger partial charge in [-0.05, 0) is 59.2 Å². The molecule has 0 aliphatic carbocycles. The second kappa shape index (κ2) is 16.3. The second-order valence-electron chi connectivity index (χ2n) is 11.7. The molecule has 0 saturated carbocycles. The first-order valence-electron chi connectivity index (χ1n) is 16.4. The number of hydrogen-bond acceptors (Lipinski definition) is 5. The fourth-order valence-corrected chi connectivity index (χ4v) is 5.35. The minimum absolute atomic E-state index is 0.0613. The van der Waals surface area contributed by atoms with Crippen LogP contribution in [0.2, 0.25) is 0 Å². The van der Waals surface area contributed by atoms with E-state index in [9.17, 15) is 5.11 Å². The third-order valence-corrected chi connectivity index (χ3v) is 8.32. The van der Waals surface area contributed by atoms with Gasteiger partial charge >= 0.3 is 0 Å². The lowest BCUT2D eigenvalue weighted by molar-refractivity contribution is 0.232. The van der Waals surface area contributed by atoms with Gasteiger partial charge in [0.05, 0.1) is 12.2 Å². The van der Waals surface area contributed by atoms with E-state index in [1.807, 2.05) is 85.8 Å². The molecule has 5 aromatic rings. The van der Waals surface area contributed by atoms with Crippen LogP contribution in [0.25, 0.3) is 45.0 Å². The lowest BCUT2D eigenvalue weighted by Gasteiger charge is -2.16. The Hall–Kier alpha value is -5.29. The Morgan fingerprint density at radius 1 is 0.787 bits per heavy atom. The van der Waals surface area contributed by atoms with Crippen LogP contribution in [0.1, 0.15) is 57.8 Å². The summed E-state index contributed by atoms with van der Waals surface area (Å²) in [7, 11) is 0. The van der Waals surface area contributed by atoms with Gasteiger partial charge < -0.3 is 9.84 Å². The molecule has 0 bridgehead atoms. The highest BCUT2D eigenvalue weighted by Crippen LogP contribution is 2.33. The van der Waals surface area contributed by atoms with E-state index in [0.29, 0.717) is 41.3 Å². The van der Waals surface area contributed by atoms with Crippen LogP contribution in [0.4, 0.5) is 0 Å². The van der Waals surface area contributed by atoms with Crippen LogP contribution in [0.3, 0.4) is 0 Å². The molecule has 1 N–H and O–H groups in total. The predicted octanol–water partition coefficient (Wildman–Crippen LogP) is 10.8. The van der Waals surface area contributed by atoms with E-state index < -0.39 is 0 Å². The van der Waals surface area contributed by atoms with E-state index in [2.05, 4.69) is 56.8 Å². The molecule has 5 heteroatoms. The van der Waals surface area contributed by atoms with E-state index in [-0.39, 0.29) is 5.75 Å². The van der Waals surface area contributed by atoms with Crippen LogP contribution in [-0.2, 0) is 0 Å². The summed E-state index contributed by atoms with van der Waals surface area (Å²) < 4.78 is 6.10. The zero-order valence-corrected chi connectivity index (χ0v) is 27.6. The van der Waals surface area contributed by atoms with Crippen molar-refractivity contribution in [3.63, 3.8) is 0 Å². The van der Waals surface area contributed by atoms with Crippen LogP contribution in [-0.4, -0.2) is 26.7 Å². The summed E-state index contributed by atoms with van der Waals surface area (Å²) in [4.78, 5) is 14.6. The number of phenols is 1. The highest BCUT2D eigenvalue weighted by Gasteiger charge is 2.16. The van der Waals surface area contributed by atoms with Gasteiger partial charge in [0.25, 0.3) is 0 Å². The van der Waals surface area contributed by atoms with Gasteiger partial charge in [-0.3, -0.25) is 0 Å². The number of ether oxygens (including phenoxy) is 1. The van der Waals surface area contributed by atoms with Crippen molar-refractivity contribution in [2.24, 2.45) is 5.92 Å². The second-order valence-corrected chi connectivity index (χ2v) is 11.7. The molecule has 1 heterocycles. The Bertz CT molecular complexity index is 1830. The first-order valence-corrected chi connectivity index (χ1v) is 16.4. The molecule has 0 spiro atoms. The summed E-state index contributed by atoms with van der Waals surface area (Å²) in [5, 5.41) is 11.2. The standard InChI is InChI=1S/C42H43N3O2/c1-5-8-15-31(6-2)29-47-37-26-27-38(39(46)28-37)42-44-40(30(4)20-21-32(7-3)33-16-11-9-12-17-33)43-41(45-42)36-24-22-35(23-25-36)34-18-13-10-14-19-34/h7,9-14,16-28,31,46H,3,5-6,8,15,29H2,1-2,4H3/b30-20+,32-21+. The molecule has 1 aromatic heterocycles. The first-order chi connectivity index (χ1) is 23.0. The molecule has 1 unspecified atom stereocenters. The topological polar surface area (TPSA) is 68.1 Å². The van der Waals surface area contributed by atoms with Crippen molar-refractivity contribution >= 4 is 11.1 Å². The molecule has 238 valence electrons. The Labute approximate surface area is 279 Å². The predicted molar refractivity (Wildman–Crippen MR) is 195 cm³/mol. The molecule has 47 heavy (non-hydrogen) atoms. The molecule has 5 rings (SSSR count). The van der Waals surface area contributed by atoms with Gasteiger partial charge in [0.15, 0.2) is 17.5 Å². The minimum atomic E-state index is 0.0613. The summed E-state index contributed by atoms with van der Waals surface area (Å²) >= 11 is 0. The minimum Gasteiger partial charge on any atom is -0.507 e. The molecule has 0 aliphatic heterocycles. The number of allylic oxidation sites excluding steroid dienone is 5. The van der Waals surface area contributed by atoms with Crippen LogP contribution in [0.15, 0.2) is 128 Å². The molecule has 5 nitrogen and oxygen atoms in total. The number of unbranched alkanes of at least 4 members (excludes halogenated alkanes) is 1. The zero-order chi connectivity index (χ0) is 33.0. The van der Waals surface area contributed by atoms with Crippen LogP contribution in [0, 0.1) is 5.92 Å². The van der Waals surface area contributed by atoms with Crippen molar-refractivity contribution in [1.29, 1.82) is 0 Å². The molecule has 0 fully saturated rings. The Morgan fingerprint density at radius 2 is 1.45 bits per heavy atom. The SMILES string of the molecule is C=C/C(=C\C=C(/C)c1nc(-c2ccc(-c3ccccc3)cc2)nc(-c2ccc(OCC(CC)CCCC)cc2O)n1)c1ccccc1. The van der Waals surface area contributed by atoms with Crippen molar-refractivity contribution in [3.8, 4) is 45.4 Å². The van der Waals surface area contributed by atoms with E-state index in [1.54, 1.807) is 6.07 Å². The zero-order valence-electron chi connectivity index (χ0n) is 27.6. The van der Waals surface area contributed by atoms with Gasteiger partial charge in [0, 0.05) is 11.6 Å². The van der Waals surface area contributed by atoms with Gasteiger partial charge in [-0.1, -0.05) is 143 Å². The number of nitrogens with zero attached hydrogens (tertiary/aromatic N) is 3. The lowest BCUT2D eigenvalue weighted by Crippen LogP contribution is -2.11. The first kappa shape index (κ1) is 33.1. The highest BCUT2D eigenvalue weighted by atomic mass is 16.5. The van der Waals surface area contributed by atoms with Crippen molar-refractivity contribution in [2.75, 3.05) is 6.61 Å². The average Bonchev–Trinajstić information content (AvgIpc) is 3.12. The Kier molecular flexibility index (Phi) is 11.5. The maximum Gasteiger partial charge on any atom is 0.167 e. The van der Waals surface area contributed by atoms with Crippen molar-refractivity contribution < 1.29 is 9.84 Å². The van der Waals surface area contributed by atoms with Gasteiger partial charge in [0.2, 0.25) is 0 Å². The smallest absolute Gasteiger partial charge is 0.167 e. The molecule has 4 aromatic carbocycles. The van der Waals surface area contributed by atoms with Crippen molar-refractivity contribution in [2.45, 2.75) is 46.5 Å². The molecule has 0 saturated heterocycles. The average molecular weight is 622 g/mol. The van der Waals surface area contributed by atoms with Crippen molar-refractivity contribution in [3.05, 3.63) is 139 Å². The Balaban J connectivity index is 1.51. The number of rotatable bonds is 14. The lowest BCUT2D eigenvalue weighted by atomic mass is 10.0. The monoisotopic (exact) mass is 621 g/mol. The highest BCUT2D eigenvalue weighted by molar-refractivity contribution is 5.77. The summed E-state index contributed by atoms with van der Waals surface area (Å²) in [5.74, 6) is 2.61. The number of hydrogen-bond donors (Lipinski definition) is 1. The fraction of sp³-hybridized carbons (Fsp3) is 0.214. The molecule has 0 radical (unpaired) electrons. The molecule has 0 amide bonds. The molecular formula is C42H43N3O2. The van der Waals surface area contributed by atoms with Crippen LogP contribution in [0.5, 0.6) is 11.5 Å². The number of benzene rings is 4. The van der Waals surface area contributed by atoms with Crippen LogP contribution < -0.4 is 4.74 Å². The summed E-state index contributed by atoms with van der Waals surface area (Å²) in [6.45, 7) is 11.0. The summed E-state index contributed by atoms with van der Waals surface area (Å²) in [5.41, 5.74) is 6.53. The summed E-state index contributed by atoms with van der Waals surface area (Å²) in [6.07, 6.45) is 10.4.